The number of benzene rings is 2. The van der Waals surface area contributed by atoms with Crippen LogP contribution in [0.1, 0.15) is 34.3 Å². The molecule has 0 bridgehead atoms. The predicted molar refractivity (Wildman–Crippen MR) is 99.8 cm³/mol. The van der Waals surface area contributed by atoms with Crippen LogP contribution in [0, 0.1) is 0 Å². The normalized spacial score (nSPS) is 15.3. The standard InChI is InChI=1S/C20H19ClN2O4/c21-16-8-15(9-17-19(16)27-12-26-17)20(25)22-10-13-3-1-4-14(7-13)11-23-6-2-5-18(23)24/h1,3-4,7-9H,2,5-6,10-12H2,(H,22,25). The molecule has 2 aliphatic rings. The molecule has 2 heterocycles. The average Bonchev–Trinajstić information content (AvgIpc) is 3.29. The lowest BCUT2D eigenvalue weighted by atomic mass is 10.1. The van der Waals surface area contributed by atoms with Gasteiger partial charge in [-0.1, -0.05) is 35.9 Å². The van der Waals surface area contributed by atoms with E-state index in [1.54, 1.807) is 12.1 Å². The van der Waals surface area contributed by atoms with Gasteiger partial charge in [-0.2, -0.15) is 0 Å². The number of halogens is 1. The van der Waals surface area contributed by atoms with Crippen LogP contribution in [0.2, 0.25) is 5.02 Å². The van der Waals surface area contributed by atoms with Gasteiger partial charge in [-0.15, -0.1) is 0 Å². The lowest BCUT2D eigenvalue weighted by molar-refractivity contribution is -0.128. The van der Waals surface area contributed by atoms with Gasteiger partial charge in [0.1, 0.15) is 0 Å². The maximum Gasteiger partial charge on any atom is 0.251 e. The number of likely N-dealkylation sites (tertiary alicyclic amines) is 1. The number of ether oxygens (including phenoxy) is 2. The van der Waals surface area contributed by atoms with Crippen LogP contribution >= 0.6 is 11.6 Å². The fourth-order valence-electron chi connectivity index (χ4n) is 3.31. The Morgan fingerprint density at radius 2 is 2.04 bits per heavy atom. The summed E-state index contributed by atoms with van der Waals surface area (Å²) in [5, 5.41) is 3.24. The zero-order valence-corrected chi connectivity index (χ0v) is 15.4. The largest absolute Gasteiger partial charge is 0.454 e. The second-order valence-corrected chi connectivity index (χ2v) is 7.02. The van der Waals surface area contributed by atoms with E-state index in [0.717, 1.165) is 24.1 Å². The van der Waals surface area contributed by atoms with Crippen molar-refractivity contribution in [1.29, 1.82) is 0 Å². The Morgan fingerprint density at radius 1 is 1.19 bits per heavy atom. The van der Waals surface area contributed by atoms with E-state index < -0.39 is 0 Å². The molecule has 7 heteroatoms. The Bertz CT molecular complexity index is 900. The van der Waals surface area contributed by atoms with E-state index in [2.05, 4.69) is 5.32 Å². The van der Waals surface area contributed by atoms with Crippen molar-refractivity contribution in [2.75, 3.05) is 13.3 Å². The van der Waals surface area contributed by atoms with E-state index in [1.807, 2.05) is 29.2 Å². The summed E-state index contributed by atoms with van der Waals surface area (Å²) in [5.74, 6) is 0.908. The van der Waals surface area contributed by atoms with Crippen molar-refractivity contribution in [3.63, 3.8) is 0 Å². The molecule has 0 saturated carbocycles. The minimum Gasteiger partial charge on any atom is -0.454 e. The predicted octanol–water partition coefficient (Wildman–Crippen LogP) is 3.12. The molecule has 4 rings (SSSR count). The van der Waals surface area contributed by atoms with E-state index in [1.165, 1.54) is 0 Å². The molecular weight excluding hydrogens is 368 g/mol. The zero-order valence-electron chi connectivity index (χ0n) is 14.7. The quantitative estimate of drug-likeness (QED) is 0.857. The van der Waals surface area contributed by atoms with Gasteiger partial charge in [-0.3, -0.25) is 9.59 Å². The van der Waals surface area contributed by atoms with Gasteiger partial charge in [0.2, 0.25) is 12.7 Å². The first-order chi connectivity index (χ1) is 13.1. The molecule has 2 aromatic carbocycles. The van der Waals surface area contributed by atoms with Gasteiger partial charge in [0, 0.05) is 31.6 Å². The molecule has 140 valence electrons. The number of rotatable bonds is 5. The number of hydrogen-bond donors (Lipinski definition) is 1. The van der Waals surface area contributed by atoms with Gasteiger partial charge in [-0.05, 0) is 29.7 Å². The van der Waals surface area contributed by atoms with Crippen LogP contribution in [0.5, 0.6) is 11.5 Å². The number of carbonyl (C=O) groups is 2. The fraction of sp³-hybridized carbons (Fsp3) is 0.300. The summed E-state index contributed by atoms with van der Waals surface area (Å²) in [7, 11) is 0. The number of amides is 2. The van der Waals surface area contributed by atoms with Gasteiger partial charge in [0.25, 0.3) is 5.91 Å². The highest BCUT2D eigenvalue weighted by atomic mass is 35.5. The first-order valence-corrected chi connectivity index (χ1v) is 9.21. The van der Waals surface area contributed by atoms with Crippen LogP contribution in [0.15, 0.2) is 36.4 Å². The van der Waals surface area contributed by atoms with E-state index in [0.29, 0.717) is 41.6 Å². The molecule has 0 radical (unpaired) electrons. The Kier molecular flexibility index (Phi) is 4.90. The summed E-state index contributed by atoms with van der Waals surface area (Å²) < 4.78 is 10.6. The summed E-state index contributed by atoms with van der Waals surface area (Å²) in [6.45, 7) is 1.90. The molecule has 27 heavy (non-hydrogen) atoms. The molecule has 0 spiro atoms. The Hall–Kier alpha value is -2.73. The highest BCUT2D eigenvalue weighted by Crippen LogP contribution is 2.39. The smallest absolute Gasteiger partial charge is 0.251 e. The highest BCUT2D eigenvalue weighted by Gasteiger charge is 2.21. The SMILES string of the molecule is O=C(NCc1cccc(CN2CCCC2=O)c1)c1cc(Cl)c2c(c1)OCO2. The van der Waals surface area contributed by atoms with E-state index in [-0.39, 0.29) is 18.6 Å². The summed E-state index contributed by atoms with van der Waals surface area (Å²) in [5.41, 5.74) is 2.45. The number of hydrogen-bond acceptors (Lipinski definition) is 4. The van der Waals surface area contributed by atoms with Crippen molar-refractivity contribution in [3.05, 3.63) is 58.1 Å². The summed E-state index contributed by atoms with van der Waals surface area (Å²) in [4.78, 5) is 26.1. The van der Waals surface area contributed by atoms with Crippen LogP contribution in [0.3, 0.4) is 0 Å². The first kappa shape index (κ1) is 17.7. The van der Waals surface area contributed by atoms with Crippen LogP contribution in [-0.4, -0.2) is 30.1 Å². The maximum absolute atomic E-state index is 12.5. The first-order valence-electron chi connectivity index (χ1n) is 8.83. The third-order valence-corrected chi connectivity index (χ3v) is 4.96. The van der Waals surface area contributed by atoms with Crippen molar-refractivity contribution in [2.24, 2.45) is 0 Å². The van der Waals surface area contributed by atoms with Gasteiger partial charge in [-0.25, -0.2) is 0 Å². The molecule has 1 fully saturated rings. The number of fused-ring (bicyclic) bond motifs is 1. The van der Waals surface area contributed by atoms with Crippen molar-refractivity contribution in [1.82, 2.24) is 10.2 Å². The van der Waals surface area contributed by atoms with Crippen molar-refractivity contribution in [2.45, 2.75) is 25.9 Å². The Morgan fingerprint density at radius 3 is 2.85 bits per heavy atom. The summed E-state index contributed by atoms with van der Waals surface area (Å²) >= 11 is 6.13. The fourth-order valence-corrected chi connectivity index (χ4v) is 3.58. The third-order valence-electron chi connectivity index (χ3n) is 4.68. The molecule has 0 atom stereocenters. The Labute approximate surface area is 162 Å². The van der Waals surface area contributed by atoms with Crippen LogP contribution < -0.4 is 14.8 Å². The molecule has 1 saturated heterocycles. The average molecular weight is 387 g/mol. The molecule has 2 aromatic rings. The maximum atomic E-state index is 12.5. The number of carbonyl (C=O) groups excluding carboxylic acids is 2. The summed E-state index contributed by atoms with van der Waals surface area (Å²) in [6.07, 6.45) is 1.56. The molecule has 6 nitrogen and oxygen atoms in total. The molecule has 1 N–H and O–H groups in total. The lowest BCUT2D eigenvalue weighted by Gasteiger charge is -2.16. The zero-order chi connectivity index (χ0) is 18.8. The van der Waals surface area contributed by atoms with E-state index >= 15 is 0 Å². The molecule has 0 aromatic heterocycles. The molecule has 2 aliphatic heterocycles. The molecule has 0 aliphatic carbocycles. The van der Waals surface area contributed by atoms with Gasteiger partial charge >= 0.3 is 0 Å². The second-order valence-electron chi connectivity index (χ2n) is 6.61. The number of nitrogens with one attached hydrogen (secondary N) is 1. The molecule has 0 unspecified atom stereocenters. The van der Waals surface area contributed by atoms with Crippen molar-refractivity contribution < 1.29 is 19.1 Å². The Balaban J connectivity index is 1.40. The molecular formula is C20H19ClN2O4. The van der Waals surface area contributed by atoms with Crippen LogP contribution in [-0.2, 0) is 17.9 Å². The van der Waals surface area contributed by atoms with Crippen LogP contribution in [0.4, 0.5) is 0 Å². The lowest BCUT2D eigenvalue weighted by Crippen LogP contribution is -2.24. The van der Waals surface area contributed by atoms with Crippen LogP contribution in [0.25, 0.3) is 0 Å². The minimum absolute atomic E-state index is 0.104. The van der Waals surface area contributed by atoms with Crippen molar-refractivity contribution in [3.8, 4) is 11.5 Å². The monoisotopic (exact) mass is 386 g/mol. The minimum atomic E-state index is -0.240. The number of nitrogens with zero attached hydrogens (tertiary/aromatic N) is 1. The van der Waals surface area contributed by atoms with E-state index in [4.69, 9.17) is 21.1 Å². The van der Waals surface area contributed by atoms with Crippen molar-refractivity contribution >= 4 is 23.4 Å². The van der Waals surface area contributed by atoms with E-state index in [9.17, 15) is 9.59 Å². The molecule has 2 amide bonds. The van der Waals surface area contributed by atoms with Gasteiger partial charge in [0.05, 0.1) is 5.02 Å². The highest BCUT2D eigenvalue weighted by molar-refractivity contribution is 6.32. The topological polar surface area (TPSA) is 67.9 Å². The third kappa shape index (κ3) is 3.85. The van der Waals surface area contributed by atoms with Gasteiger partial charge in [0.15, 0.2) is 11.5 Å². The van der Waals surface area contributed by atoms with Gasteiger partial charge < -0.3 is 19.7 Å². The second kappa shape index (κ2) is 7.48. The summed E-state index contributed by atoms with van der Waals surface area (Å²) in [6, 6.07) is 11.1.